The minimum Gasteiger partial charge on any atom is -0.497 e. The number of hydrogen-bond acceptors (Lipinski definition) is 6. The van der Waals surface area contributed by atoms with Gasteiger partial charge in [-0.3, -0.25) is 9.59 Å². The summed E-state index contributed by atoms with van der Waals surface area (Å²) in [5.41, 5.74) is 1.49. The van der Waals surface area contributed by atoms with E-state index in [2.05, 4.69) is 16.0 Å². The van der Waals surface area contributed by atoms with Crippen LogP contribution in [-0.4, -0.2) is 51.0 Å². The third-order valence-corrected chi connectivity index (χ3v) is 6.74. The molecule has 1 aliphatic heterocycles. The van der Waals surface area contributed by atoms with Crippen molar-refractivity contribution in [2.24, 2.45) is 0 Å². The maximum absolute atomic E-state index is 14.3. The van der Waals surface area contributed by atoms with Gasteiger partial charge in [0.05, 0.1) is 25.8 Å². The molecule has 0 saturated heterocycles. The summed E-state index contributed by atoms with van der Waals surface area (Å²) >= 11 is 0. The summed E-state index contributed by atoms with van der Waals surface area (Å²) in [6.07, 6.45) is -1.03. The van der Waals surface area contributed by atoms with Gasteiger partial charge in [0.15, 0.2) is 11.8 Å². The van der Waals surface area contributed by atoms with Crippen molar-refractivity contribution in [1.29, 1.82) is 0 Å². The van der Waals surface area contributed by atoms with E-state index in [4.69, 9.17) is 14.2 Å². The first kappa shape index (κ1) is 29.6. The zero-order chi connectivity index (χ0) is 29.4. The van der Waals surface area contributed by atoms with Crippen molar-refractivity contribution in [3.63, 3.8) is 0 Å². The topological polar surface area (TPSA) is 118 Å². The molecule has 0 fully saturated rings. The number of urea groups is 1. The third kappa shape index (κ3) is 6.85. The first-order valence-electron chi connectivity index (χ1n) is 13.5. The zero-order valence-corrected chi connectivity index (χ0v) is 23.7. The fourth-order valence-electron chi connectivity index (χ4n) is 4.83. The molecule has 0 aliphatic carbocycles. The average molecular weight is 561 g/mol. The molecule has 3 aromatic carbocycles. The van der Waals surface area contributed by atoms with Crippen molar-refractivity contribution in [3.8, 4) is 5.75 Å². The molecule has 0 aromatic heterocycles. The summed E-state index contributed by atoms with van der Waals surface area (Å²) in [5.74, 6) is -0.281. The highest BCUT2D eigenvalue weighted by Crippen LogP contribution is 2.43. The predicted molar refractivity (Wildman–Crippen MR) is 157 cm³/mol. The van der Waals surface area contributed by atoms with Gasteiger partial charge in [0.1, 0.15) is 5.75 Å². The molecule has 1 aliphatic rings. The Morgan fingerprint density at radius 3 is 2.12 bits per heavy atom. The normalized spacial score (nSPS) is 15.9. The van der Waals surface area contributed by atoms with E-state index in [0.29, 0.717) is 41.6 Å². The quantitative estimate of drug-likeness (QED) is 0.274. The number of aryl methyl sites for hydroxylation is 1. The third-order valence-electron chi connectivity index (χ3n) is 6.74. The molecule has 10 nitrogen and oxygen atoms in total. The number of para-hydroxylation sites is 1. The molecule has 0 radical (unpaired) electrons. The van der Waals surface area contributed by atoms with Gasteiger partial charge in [0.2, 0.25) is 5.91 Å². The average Bonchev–Trinajstić information content (AvgIpc) is 3.17. The molecule has 216 valence electrons. The van der Waals surface area contributed by atoms with Crippen LogP contribution < -0.4 is 25.6 Å². The molecule has 41 heavy (non-hydrogen) atoms. The highest BCUT2D eigenvalue weighted by atomic mass is 16.7. The van der Waals surface area contributed by atoms with Gasteiger partial charge in [0, 0.05) is 30.2 Å². The largest absolute Gasteiger partial charge is 0.497 e. The van der Waals surface area contributed by atoms with Crippen LogP contribution in [0.3, 0.4) is 0 Å². The Morgan fingerprint density at radius 1 is 0.878 bits per heavy atom. The van der Waals surface area contributed by atoms with Gasteiger partial charge >= 0.3 is 6.03 Å². The van der Waals surface area contributed by atoms with Crippen LogP contribution in [0.25, 0.3) is 0 Å². The molecule has 1 atom stereocenters. The molecule has 1 heterocycles. The maximum atomic E-state index is 14.3. The number of carbonyl (C=O) groups is 3. The smallest absolute Gasteiger partial charge is 0.320 e. The van der Waals surface area contributed by atoms with Gasteiger partial charge < -0.3 is 35.1 Å². The zero-order valence-electron chi connectivity index (χ0n) is 23.7. The van der Waals surface area contributed by atoms with Crippen LogP contribution in [0.4, 0.5) is 21.9 Å². The Balaban J connectivity index is 1.68. The lowest BCUT2D eigenvalue weighted by Crippen LogP contribution is -2.56. The molecule has 0 bridgehead atoms. The van der Waals surface area contributed by atoms with Gasteiger partial charge in [-0.2, -0.15) is 0 Å². The SMILES string of the molecule is CCOC(CN1C(=O)C(CC(=O)Nc2ccc(OC)cc2)(NC(=O)Nc2ccc(C)cc2)c2ccccc21)OCC. The summed E-state index contributed by atoms with van der Waals surface area (Å²) in [6.45, 7) is 6.50. The van der Waals surface area contributed by atoms with Crippen LogP contribution >= 0.6 is 0 Å². The summed E-state index contributed by atoms with van der Waals surface area (Å²) in [7, 11) is 1.56. The van der Waals surface area contributed by atoms with Crippen molar-refractivity contribution < 1.29 is 28.6 Å². The molecule has 1 unspecified atom stereocenters. The first-order chi connectivity index (χ1) is 19.8. The maximum Gasteiger partial charge on any atom is 0.320 e. The van der Waals surface area contributed by atoms with Crippen LogP contribution in [0.1, 0.15) is 31.4 Å². The van der Waals surface area contributed by atoms with Crippen LogP contribution in [0.5, 0.6) is 5.75 Å². The minimum absolute atomic E-state index is 0.0840. The Morgan fingerprint density at radius 2 is 1.49 bits per heavy atom. The number of ether oxygens (including phenoxy) is 3. The van der Waals surface area contributed by atoms with E-state index in [0.717, 1.165) is 5.56 Å². The highest BCUT2D eigenvalue weighted by molar-refractivity contribution is 6.12. The number of carbonyl (C=O) groups excluding carboxylic acids is 3. The second-order valence-electron chi connectivity index (χ2n) is 9.58. The number of nitrogens with zero attached hydrogens (tertiary/aromatic N) is 1. The van der Waals surface area contributed by atoms with E-state index in [1.807, 2.05) is 32.9 Å². The fraction of sp³-hybridized carbons (Fsp3) is 0.323. The molecule has 0 saturated carbocycles. The molecule has 3 aromatic rings. The number of amides is 4. The monoisotopic (exact) mass is 560 g/mol. The standard InChI is InChI=1S/C31H36N4O6/c1-5-40-28(41-6-2)20-35-26-10-8-7-9-25(26)31(29(35)37,34-30(38)33-23-13-11-21(3)12-14-23)19-27(36)32-22-15-17-24(39-4)18-16-22/h7-18,28H,5-6,19-20H2,1-4H3,(H,32,36)(H2,33,34,38). The number of anilines is 3. The Hall–Kier alpha value is -4.41. The second kappa shape index (κ2) is 13.3. The van der Waals surface area contributed by atoms with Crippen molar-refractivity contribution >= 4 is 34.9 Å². The summed E-state index contributed by atoms with van der Waals surface area (Å²) < 4.78 is 16.6. The first-order valence-corrected chi connectivity index (χ1v) is 13.5. The number of rotatable bonds is 12. The second-order valence-corrected chi connectivity index (χ2v) is 9.58. The lowest BCUT2D eigenvalue weighted by molar-refractivity contribution is -0.138. The van der Waals surface area contributed by atoms with Crippen LogP contribution in [0.15, 0.2) is 72.8 Å². The Bertz CT molecular complexity index is 1360. The molecular weight excluding hydrogens is 524 g/mol. The minimum atomic E-state index is -1.69. The van der Waals surface area contributed by atoms with Crippen molar-refractivity contribution in [1.82, 2.24) is 5.32 Å². The molecule has 0 spiro atoms. The Labute approximate surface area is 240 Å². The highest BCUT2D eigenvalue weighted by Gasteiger charge is 2.53. The van der Waals surface area contributed by atoms with E-state index in [1.54, 1.807) is 67.8 Å². The predicted octanol–water partition coefficient (Wildman–Crippen LogP) is 4.80. The number of fused-ring (bicyclic) bond motifs is 1. The van der Waals surface area contributed by atoms with Crippen LogP contribution in [0, 0.1) is 6.92 Å². The summed E-state index contributed by atoms with van der Waals surface area (Å²) in [5, 5.41) is 8.48. The van der Waals surface area contributed by atoms with Gasteiger partial charge in [-0.25, -0.2) is 4.79 Å². The molecule has 10 heteroatoms. The van der Waals surface area contributed by atoms with Crippen molar-refractivity contribution in [2.45, 2.75) is 39.0 Å². The van der Waals surface area contributed by atoms with Gasteiger partial charge in [-0.1, -0.05) is 35.9 Å². The lowest BCUT2D eigenvalue weighted by atomic mass is 9.87. The molecule has 4 rings (SSSR count). The van der Waals surface area contributed by atoms with E-state index >= 15 is 0 Å². The molecule has 3 N–H and O–H groups in total. The van der Waals surface area contributed by atoms with E-state index in [9.17, 15) is 14.4 Å². The fourth-order valence-corrected chi connectivity index (χ4v) is 4.83. The van der Waals surface area contributed by atoms with Crippen LogP contribution in [-0.2, 0) is 24.6 Å². The molecule has 4 amide bonds. The number of hydrogen-bond donors (Lipinski definition) is 3. The van der Waals surface area contributed by atoms with Gasteiger partial charge in [0.25, 0.3) is 5.91 Å². The number of benzene rings is 3. The van der Waals surface area contributed by atoms with Gasteiger partial charge in [-0.15, -0.1) is 0 Å². The number of methoxy groups -OCH3 is 1. The van der Waals surface area contributed by atoms with Crippen LogP contribution in [0.2, 0.25) is 0 Å². The Kier molecular flexibility index (Phi) is 9.59. The number of nitrogens with one attached hydrogen (secondary N) is 3. The molecular formula is C31H36N4O6. The summed E-state index contributed by atoms with van der Waals surface area (Å²) in [4.78, 5) is 42.7. The van der Waals surface area contributed by atoms with Crippen molar-refractivity contribution in [2.75, 3.05) is 42.4 Å². The van der Waals surface area contributed by atoms with Crippen molar-refractivity contribution in [3.05, 3.63) is 83.9 Å². The summed E-state index contributed by atoms with van der Waals surface area (Å²) in [6, 6.07) is 20.6. The van der Waals surface area contributed by atoms with E-state index in [1.165, 1.54) is 4.90 Å². The van der Waals surface area contributed by atoms with E-state index < -0.39 is 29.7 Å². The van der Waals surface area contributed by atoms with E-state index in [-0.39, 0.29) is 13.0 Å². The van der Waals surface area contributed by atoms with Gasteiger partial charge in [-0.05, 0) is 63.2 Å². The lowest BCUT2D eigenvalue weighted by Gasteiger charge is -2.30.